The second-order valence-corrected chi connectivity index (χ2v) is 23.0. The van der Waals surface area contributed by atoms with Crippen LogP contribution in [0.4, 0.5) is 24.2 Å². The zero-order valence-corrected chi connectivity index (χ0v) is 45.1. The number of anilines is 1. The van der Waals surface area contributed by atoms with E-state index in [-0.39, 0.29) is 67.8 Å². The van der Waals surface area contributed by atoms with Gasteiger partial charge >= 0.3 is 32.4 Å². The lowest BCUT2D eigenvalue weighted by molar-refractivity contribution is -0.131. The number of aliphatic hydroxyl groups is 1. The number of hydrogen-bond acceptors (Lipinski definition) is 21. The Hall–Kier alpha value is -5.77. The van der Waals surface area contributed by atoms with Crippen molar-refractivity contribution in [1.82, 2.24) is 55.2 Å². The third kappa shape index (κ3) is 16.0. The number of nitrogens with two attached hydrogens (primary N) is 1. The molecule has 0 radical (unpaired) electrons. The Morgan fingerprint density at radius 3 is 2.29 bits per heavy atom. The van der Waals surface area contributed by atoms with Gasteiger partial charge in [-0.3, -0.25) is 56.7 Å². The molecule has 3 aromatic rings. The average Bonchev–Trinajstić information content (AvgIpc) is 4.34. The molecule has 436 valence electrons. The number of nitrogens with one attached hydrogen (secondary N) is 6. The molecule has 0 aliphatic carbocycles. The summed E-state index contributed by atoms with van der Waals surface area (Å²) in [7, 11) is -5.30. The second kappa shape index (κ2) is 27.1. The molecule has 4 aliphatic rings. The molecule has 79 heavy (non-hydrogen) atoms. The number of primary amides is 1. The average molecular weight is 1180 g/mol. The van der Waals surface area contributed by atoms with E-state index >= 15 is 8.78 Å². The van der Waals surface area contributed by atoms with Gasteiger partial charge in [-0.25, -0.2) is 47.2 Å². The van der Waals surface area contributed by atoms with E-state index in [1.54, 1.807) is 0 Å². The number of alkyl halides is 2. The van der Waals surface area contributed by atoms with Crippen molar-refractivity contribution in [2.75, 3.05) is 51.3 Å². The first-order chi connectivity index (χ1) is 37.5. The second-order valence-electron chi connectivity index (χ2n) is 18.7. The third-order valence-corrected chi connectivity index (χ3v) is 15.3. The molecular formula is C43H61F2N13O18P2S. The van der Waals surface area contributed by atoms with Gasteiger partial charge in [0, 0.05) is 38.0 Å². The van der Waals surface area contributed by atoms with Crippen molar-refractivity contribution in [1.29, 1.82) is 0 Å². The molecule has 7 rings (SSSR count). The lowest BCUT2D eigenvalue weighted by Gasteiger charge is -2.27. The molecule has 3 aromatic heterocycles. The summed E-state index contributed by atoms with van der Waals surface area (Å²) in [6.07, 6.45) is -9.19. The fourth-order valence-electron chi connectivity index (χ4n) is 8.78. The van der Waals surface area contributed by atoms with E-state index in [9.17, 15) is 52.7 Å². The number of carbonyl (C=O) groups excluding carboxylic acids is 5. The summed E-state index contributed by atoms with van der Waals surface area (Å²) in [5.41, 5.74) is 3.05. The van der Waals surface area contributed by atoms with Crippen LogP contribution in [-0.4, -0.2) is 175 Å². The molecule has 6 amide bonds. The molecule has 31 nitrogen and oxygen atoms in total. The Balaban J connectivity index is 0.903. The zero-order chi connectivity index (χ0) is 57.2. The summed E-state index contributed by atoms with van der Waals surface area (Å²) < 4.78 is 98.5. The number of H-pyrrole nitrogens is 1. The minimum absolute atomic E-state index is 0.00195. The number of aromatic nitrogens is 6. The van der Waals surface area contributed by atoms with Crippen LogP contribution in [0.3, 0.4) is 0 Å². The molecule has 36 heteroatoms. The first-order valence-electron chi connectivity index (χ1n) is 24.9. The highest BCUT2D eigenvalue weighted by molar-refractivity contribution is 8.44. The number of nitrogens with zero attached hydrogens (tertiary/aromatic N) is 6. The van der Waals surface area contributed by atoms with Crippen molar-refractivity contribution in [2.45, 2.75) is 120 Å². The molecule has 0 saturated carbocycles. The smallest absolute Gasteiger partial charge is 0.449 e. The van der Waals surface area contributed by atoms with Gasteiger partial charge in [0.25, 0.3) is 5.56 Å². The zero-order valence-electron chi connectivity index (χ0n) is 42.4. The highest BCUT2D eigenvalue weighted by atomic mass is 32.7. The molecule has 5 unspecified atom stereocenters. The largest absolute Gasteiger partial charge is 0.472 e. The van der Waals surface area contributed by atoms with Crippen molar-refractivity contribution in [3.05, 3.63) is 57.9 Å². The molecule has 10 N–H and O–H groups in total. The van der Waals surface area contributed by atoms with E-state index in [1.807, 2.05) is 18.8 Å². The standard InChI is InChI=1S/C43H61F2N13O18P2S/c1-22(2)31(47-12-4-3-5-15-56-27(60)9-10-28(56)61)38(63)53-23(8-6-13-49-41(46)64)37(62)48-14-7-17-70-43(66)55-35-32-36(51-20-50-35)58(21-52-32)40-29(44)33-25(74-40)19-72-78(69,79)76-34-24(18-71-77(67,68)75-33)73-39(30(34)45)57-16-11-26(59)54-42(57)65/h9-11,16,20-25,27,29-31,33-34,39-40,47,60H,3-8,12-15,17-19H2,1-2H3,(H,48,62)(H,53,63)(H,67,68)(H,69,79)(H3,46,49,64)(H,54,59,65)(H,50,51,55,66)/t23?,24-,25-,27?,29-,30-,31?,33-,34-,39-,40-,78?/m1/s1. The summed E-state index contributed by atoms with van der Waals surface area (Å²) in [4.78, 5) is 113. The van der Waals surface area contributed by atoms with Crippen LogP contribution in [0.1, 0.15) is 64.8 Å². The quantitative estimate of drug-likeness (QED) is 0.0367. The maximum Gasteiger partial charge on any atom is 0.472 e. The van der Waals surface area contributed by atoms with Crippen molar-refractivity contribution >= 4 is 73.7 Å². The number of thiol groups is 1. The van der Waals surface area contributed by atoms with Crippen LogP contribution in [0.5, 0.6) is 0 Å². The highest BCUT2D eigenvalue weighted by Crippen LogP contribution is 2.58. The number of urea groups is 1. The van der Waals surface area contributed by atoms with Crippen molar-refractivity contribution in [2.24, 2.45) is 11.7 Å². The number of rotatable bonds is 22. The fourth-order valence-corrected chi connectivity index (χ4v) is 11.2. The highest BCUT2D eigenvalue weighted by Gasteiger charge is 2.55. The number of phosphoric acid groups is 1. The van der Waals surface area contributed by atoms with Crippen LogP contribution in [-0.2, 0) is 55.8 Å². The number of unbranched alkanes of at least 4 members (excludes halogenated alkanes) is 2. The van der Waals surface area contributed by atoms with Crippen LogP contribution in [0, 0.1) is 5.92 Å². The molecule has 0 spiro atoms. The van der Waals surface area contributed by atoms with Gasteiger partial charge in [-0.05, 0) is 50.6 Å². The maximum atomic E-state index is 16.5. The first-order valence-corrected chi connectivity index (χ1v) is 29.1. The van der Waals surface area contributed by atoms with Gasteiger partial charge in [-0.1, -0.05) is 32.5 Å². The van der Waals surface area contributed by atoms with Gasteiger partial charge in [0.2, 0.25) is 17.7 Å². The molecule has 4 aliphatic heterocycles. The van der Waals surface area contributed by atoms with E-state index in [1.165, 1.54) is 17.1 Å². The Bertz CT molecular complexity index is 2920. The normalized spacial score (nSPS) is 28.8. The minimum atomic E-state index is -5.30. The summed E-state index contributed by atoms with van der Waals surface area (Å²) in [6, 6.07) is -1.55. The molecule has 13 atom stereocenters. The molecule has 0 bridgehead atoms. The van der Waals surface area contributed by atoms with Crippen LogP contribution in [0.25, 0.3) is 11.2 Å². The lowest BCUT2D eigenvalue weighted by Crippen LogP contribution is -2.54. The number of carbonyl (C=O) groups is 5. The number of aliphatic hydroxyl groups excluding tert-OH is 1. The van der Waals surface area contributed by atoms with Gasteiger partial charge in [0.05, 0.1) is 32.2 Å². The van der Waals surface area contributed by atoms with Gasteiger partial charge in [0.15, 0.2) is 41.8 Å². The Morgan fingerprint density at radius 2 is 1.61 bits per heavy atom. The maximum absolute atomic E-state index is 16.5. The molecular weight excluding hydrogens is 1120 g/mol. The Kier molecular flexibility index (Phi) is 20.9. The van der Waals surface area contributed by atoms with Crippen molar-refractivity contribution in [3.63, 3.8) is 0 Å². The van der Waals surface area contributed by atoms with Gasteiger partial charge in [-0.2, -0.15) is 0 Å². The van der Waals surface area contributed by atoms with E-state index in [0.29, 0.717) is 36.9 Å². The predicted octanol–water partition coefficient (Wildman–Crippen LogP) is 0.292. The number of aromatic amines is 1. The van der Waals surface area contributed by atoms with Crippen LogP contribution < -0.4 is 43.6 Å². The third-order valence-electron chi connectivity index (χ3n) is 12.7. The molecule has 3 fully saturated rings. The number of imidazole rings is 1. The van der Waals surface area contributed by atoms with Crippen LogP contribution in [0.15, 0.2) is 46.7 Å². The van der Waals surface area contributed by atoms with E-state index in [0.717, 1.165) is 29.5 Å². The Morgan fingerprint density at radius 1 is 0.911 bits per heavy atom. The number of halogens is 2. The summed E-state index contributed by atoms with van der Waals surface area (Å²) in [5, 5.41) is 23.5. The monoisotopic (exact) mass is 1180 g/mol. The molecule has 3 saturated heterocycles. The lowest BCUT2D eigenvalue weighted by atomic mass is 10.0. The molecule has 0 aromatic carbocycles. The van der Waals surface area contributed by atoms with E-state index in [4.69, 9.17) is 38.0 Å². The fraction of sp³-hybridized carbons (Fsp3) is 0.628. The van der Waals surface area contributed by atoms with Gasteiger partial charge < -0.3 is 56.1 Å². The van der Waals surface area contributed by atoms with Crippen molar-refractivity contribution < 1.29 is 84.2 Å². The molecule has 7 heterocycles. The summed E-state index contributed by atoms with van der Waals surface area (Å²) in [5.74, 6) is -1.61. The van der Waals surface area contributed by atoms with Gasteiger partial charge in [0.1, 0.15) is 43.0 Å². The number of amides is 6. The Labute approximate surface area is 452 Å². The van der Waals surface area contributed by atoms with Gasteiger partial charge in [-0.15, -0.1) is 0 Å². The van der Waals surface area contributed by atoms with E-state index in [2.05, 4.69) is 53.8 Å². The minimum Gasteiger partial charge on any atom is -0.449 e. The number of phosphoric ester groups is 1. The van der Waals surface area contributed by atoms with Crippen LogP contribution >= 0.6 is 26.9 Å². The predicted molar refractivity (Wildman–Crippen MR) is 271 cm³/mol. The topological polar surface area (TPSA) is 412 Å². The van der Waals surface area contributed by atoms with Crippen molar-refractivity contribution in [3.8, 4) is 0 Å². The van der Waals surface area contributed by atoms with Crippen LogP contribution in [0.2, 0.25) is 0 Å². The SMILES string of the molecule is CC(C)C(NCCCCCN1C(=O)C=CC1O)C(=O)NC(CCCNC(N)=O)C(=O)NCCCOC(=O)Nc1ncnc2c1ncn2[C@@H]1O[C@@H]2COP(=O)(S)O[C@H]3[C@@H](F)[C@H](n4ccc(=O)[nH]c4=O)O[C@@H]3COP(=O)(O)O[C@H]2[C@H]1F. The number of hydrogen-bond donors (Lipinski definition) is 10. The summed E-state index contributed by atoms with van der Waals surface area (Å²) in [6.45, 7) is -2.10. The summed E-state index contributed by atoms with van der Waals surface area (Å²) >= 11 is 3.92. The first kappa shape index (κ1) is 60.9. The van der Waals surface area contributed by atoms with E-state index < -0.39 is 131 Å². The number of fused-ring (bicyclic) bond motifs is 3. The number of ether oxygens (including phenoxy) is 3.